The molecule has 2 heterocycles. The minimum Gasteiger partial charge on any atom is -0.402 e. The molecule has 0 fully saturated rings. The van der Waals surface area contributed by atoms with Gasteiger partial charge in [-0.1, -0.05) is 46.6 Å². The van der Waals surface area contributed by atoms with Gasteiger partial charge in [-0.2, -0.15) is 0 Å². The molecule has 1 aromatic carbocycles. The molecular weight excluding hydrogens is 350 g/mol. The van der Waals surface area contributed by atoms with Crippen molar-refractivity contribution >= 4 is 22.6 Å². The highest BCUT2D eigenvalue weighted by atomic mass is 16.4. The normalized spacial score (nSPS) is 12.4. The zero-order chi connectivity index (χ0) is 20.7. The number of hydrogen-bond acceptors (Lipinski definition) is 6. The maximum Gasteiger partial charge on any atom is 0.315 e. The molecule has 6 nitrogen and oxygen atoms in total. The van der Waals surface area contributed by atoms with E-state index in [2.05, 4.69) is 81.4 Å². The second kappa shape index (κ2) is 7.08. The van der Waals surface area contributed by atoms with Crippen LogP contribution in [-0.4, -0.2) is 28.8 Å². The van der Waals surface area contributed by atoms with Crippen LogP contribution in [0.25, 0.3) is 22.5 Å². The number of nitrogens with zero attached hydrogens (tertiary/aromatic N) is 3. The van der Waals surface area contributed by atoms with Crippen LogP contribution in [0.15, 0.2) is 22.6 Å². The van der Waals surface area contributed by atoms with Gasteiger partial charge in [0.05, 0.1) is 5.52 Å². The molecular formula is C22H31N5O. The van der Waals surface area contributed by atoms with E-state index in [4.69, 9.17) is 9.40 Å². The lowest BCUT2D eigenvalue weighted by Gasteiger charge is -2.25. The molecule has 0 aliphatic heterocycles. The number of fused-ring (bicyclic) bond motifs is 1. The SMILES string of the molecule is CNc1nnc(-c2cc(C)c3cc(NCC(C)(C)C)cc(C(C)(C)C)c3n2)o1. The molecule has 0 unspecified atom stereocenters. The number of pyridine rings is 1. The summed E-state index contributed by atoms with van der Waals surface area (Å²) >= 11 is 0. The van der Waals surface area contributed by atoms with Crippen molar-refractivity contribution in [3.8, 4) is 11.6 Å². The van der Waals surface area contributed by atoms with Crippen molar-refractivity contribution in [3.63, 3.8) is 0 Å². The topological polar surface area (TPSA) is 75.9 Å². The summed E-state index contributed by atoms with van der Waals surface area (Å²) in [6.07, 6.45) is 0. The van der Waals surface area contributed by atoms with Crippen molar-refractivity contribution in [3.05, 3.63) is 29.3 Å². The Hall–Kier alpha value is -2.63. The Kier molecular flexibility index (Phi) is 5.08. The van der Waals surface area contributed by atoms with Gasteiger partial charge in [-0.3, -0.25) is 0 Å². The molecule has 6 heteroatoms. The molecule has 0 aliphatic carbocycles. The summed E-state index contributed by atoms with van der Waals surface area (Å²) in [7, 11) is 1.75. The molecule has 0 bridgehead atoms. The van der Waals surface area contributed by atoms with Gasteiger partial charge in [0.2, 0.25) is 0 Å². The molecule has 0 saturated carbocycles. The Labute approximate surface area is 167 Å². The average Bonchev–Trinajstić information content (AvgIpc) is 3.07. The van der Waals surface area contributed by atoms with E-state index < -0.39 is 0 Å². The van der Waals surface area contributed by atoms with Gasteiger partial charge in [-0.15, -0.1) is 5.10 Å². The Morgan fingerprint density at radius 1 is 1.00 bits per heavy atom. The van der Waals surface area contributed by atoms with Crippen molar-refractivity contribution in [1.82, 2.24) is 15.2 Å². The average molecular weight is 382 g/mol. The minimum atomic E-state index is -0.0548. The predicted molar refractivity (Wildman–Crippen MR) is 116 cm³/mol. The molecule has 3 aromatic rings. The van der Waals surface area contributed by atoms with E-state index in [1.54, 1.807) is 7.05 Å². The van der Waals surface area contributed by atoms with Crippen molar-refractivity contribution in [2.75, 3.05) is 24.2 Å². The lowest BCUT2D eigenvalue weighted by Crippen LogP contribution is -2.20. The molecule has 28 heavy (non-hydrogen) atoms. The van der Waals surface area contributed by atoms with E-state index in [0.29, 0.717) is 17.6 Å². The van der Waals surface area contributed by atoms with E-state index in [9.17, 15) is 0 Å². The number of rotatable bonds is 4. The van der Waals surface area contributed by atoms with Gasteiger partial charge in [0.15, 0.2) is 0 Å². The quantitative estimate of drug-likeness (QED) is 0.631. The Morgan fingerprint density at radius 3 is 2.29 bits per heavy atom. The highest BCUT2D eigenvalue weighted by Gasteiger charge is 2.22. The number of anilines is 2. The number of aryl methyl sites for hydroxylation is 1. The second-order valence-corrected chi connectivity index (χ2v) is 9.57. The van der Waals surface area contributed by atoms with Gasteiger partial charge in [-0.25, -0.2) is 4.98 Å². The molecule has 150 valence electrons. The maximum absolute atomic E-state index is 5.64. The molecule has 2 N–H and O–H groups in total. The summed E-state index contributed by atoms with van der Waals surface area (Å²) in [6.45, 7) is 16.3. The fraction of sp³-hybridized carbons (Fsp3) is 0.500. The minimum absolute atomic E-state index is 0.0548. The number of benzene rings is 1. The van der Waals surface area contributed by atoms with Gasteiger partial charge in [0.1, 0.15) is 5.69 Å². The van der Waals surface area contributed by atoms with Crippen LogP contribution < -0.4 is 10.6 Å². The van der Waals surface area contributed by atoms with Crippen molar-refractivity contribution in [2.24, 2.45) is 5.41 Å². The smallest absolute Gasteiger partial charge is 0.315 e. The number of nitrogens with one attached hydrogen (secondary N) is 2. The largest absolute Gasteiger partial charge is 0.402 e. The third-order valence-electron chi connectivity index (χ3n) is 4.61. The van der Waals surface area contributed by atoms with Crippen LogP contribution in [0.5, 0.6) is 0 Å². The summed E-state index contributed by atoms with van der Waals surface area (Å²) in [5.41, 5.74) is 5.28. The lowest BCUT2D eigenvalue weighted by atomic mass is 9.84. The summed E-state index contributed by atoms with van der Waals surface area (Å²) in [4.78, 5) is 4.92. The molecule has 2 aromatic heterocycles. The Bertz CT molecular complexity index is 993. The molecule has 0 spiro atoms. The molecule has 0 aliphatic rings. The van der Waals surface area contributed by atoms with E-state index in [1.807, 2.05) is 6.07 Å². The van der Waals surface area contributed by atoms with Gasteiger partial charge >= 0.3 is 6.01 Å². The standard InChI is InChI=1S/C22H31N5O/c1-13-9-17(19-26-27-20(23-8)28-19)25-18-15(13)10-14(24-12-21(2,3)4)11-16(18)22(5,6)7/h9-11,24H,12H2,1-8H3,(H,23,27). The number of aromatic nitrogens is 3. The summed E-state index contributed by atoms with van der Waals surface area (Å²) in [5.74, 6) is 0.421. The van der Waals surface area contributed by atoms with Crippen LogP contribution in [0.3, 0.4) is 0 Å². The lowest BCUT2D eigenvalue weighted by molar-refractivity contribution is 0.443. The first-order chi connectivity index (χ1) is 13.0. The fourth-order valence-electron chi connectivity index (χ4n) is 3.07. The van der Waals surface area contributed by atoms with Crippen LogP contribution in [0.1, 0.15) is 52.7 Å². The zero-order valence-corrected chi connectivity index (χ0v) is 18.2. The first-order valence-corrected chi connectivity index (χ1v) is 9.69. The van der Waals surface area contributed by atoms with Crippen molar-refractivity contribution in [2.45, 2.75) is 53.9 Å². The van der Waals surface area contributed by atoms with Crippen LogP contribution in [0, 0.1) is 12.3 Å². The number of hydrogen-bond donors (Lipinski definition) is 2. The van der Waals surface area contributed by atoms with Gasteiger partial charge in [0.25, 0.3) is 5.89 Å². The molecule has 0 amide bonds. The van der Waals surface area contributed by atoms with E-state index in [0.717, 1.165) is 28.7 Å². The van der Waals surface area contributed by atoms with Crippen LogP contribution in [0.2, 0.25) is 0 Å². The first kappa shape index (κ1) is 20.1. The van der Waals surface area contributed by atoms with Crippen molar-refractivity contribution in [1.29, 1.82) is 0 Å². The molecule has 3 rings (SSSR count). The summed E-state index contributed by atoms with van der Waals surface area (Å²) in [5, 5.41) is 15.7. The van der Waals surface area contributed by atoms with Crippen molar-refractivity contribution < 1.29 is 4.42 Å². The zero-order valence-electron chi connectivity index (χ0n) is 18.2. The third-order valence-corrected chi connectivity index (χ3v) is 4.61. The van der Waals surface area contributed by atoms with E-state index in [1.165, 1.54) is 5.56 Å². The highest BCUT2D eigenvalue weighted by molar-refractivity contribution is 5.90. The van der Waals surface area contributed by atoms with E-state index >= 15 is 0 Å². The Balaban J connectivity index is 2.17. The monoisotopic (exact) mass is 381 g/mol. The maximum atomic E-state index is 5.64. The Morgan fingerprint density at radius 2 is 1.71 bits per heavy atom. The molecule has 0 saturated heterocycles. The predicted octanol–water partition coefficient (Wildman–Crippen LogP) is 5.39. The van der Waals surface area contributed by atoms with Gasteiger partial charge < -0.3 is 15.1 Å². The second-order valence-electron chi connectivity index (χ2n) is 9.57. The van der Waals surface area contributed by atoms with Crippen LogP contribution in [0.4, 0.5) is 11.7 Å². The third kappa shape index (κ3) is 4.26. The first-order valence-electron chi connectivity index (χ1n) is 9.69. The van der Waals surface area contributed by atoms with E-state index in [-0.39, 0.29) is 10.8 Å². The fourth-order valence-corrected chi connectivity index (χ4v) is 3.07. The van der Waals surface area contributed by atoms with Crippen LogP contribution >= 0.6 is 0 Å². The van der Waals surface area contributed by atoms with Gasteiger partial charge in [0, 0.05) is 24.7 Å². The molecule has 0 radical (unpaired) electrons. The van der Waals surface area contributed by atoms with Crippen LogP contribution in [-0.2, 0) is 5.41 Å². The van der Waals surface area contributed by atoms with Gasteiger partial charge in [-0.05, 0) is 47.1 Å². The highest BCUT2D eigenvalue weighted by Crippen LogP contribution is 2.35. The summed E-state index contributed by atoms with van der Waals surface area (Å²) < 4.78 is 5.64. The summed E-state index contributed by atoms with van der Waals surface area (Å²) in [6, 6.07) is 6.80. The molecule has 0 atom stereocenters.